The molecule has 4 nitrogen and oxygen atoms in total. The molecular weight excluding hydrogens is 202 g/mol. The predicted octanol–water partition coefficient (Wildman–Crippen LogP) is 1.71. The maximum atomic E-state index is 11.4. The molecule has 0 aliphatic carbocycles. The van der Waals surface area contributed by atoms with Crippen molar-refractivity contribution < 1.29 is 0 Å². The number of fused-ring (bicyclic) bond motifs is 1. The normalized spacial score (nSPS) is 10.8. The number of H-pyrrole nitrogens is 1. The van der Waals surface area contributed by atoms with E-state index >= 15 is 0 Å². The van der Waals surface area contributed by atoms with Gasteiger partial charge in [0, 0.05) is 17.6 Å². The minimum Gasteiger partial charge on any atom is -0.297 e. The molecule has 1 aromatic carbocycles. The van der Waals surface area contributed by atoms with E-state index < -0.39 is 0 Å². The predicted molar refractivity (Wildman–Crippen MR) is 61.7 cm³/mol. The van der Waals surface area contributed by atoms with Gasteiger partial charge in [0.05, 0.1) is 5.52 Å². The smallest absolute Gasteiger partial charge is 0.272 e. The van der Waals surface area contributed by atoms with Gasteiger partial charge in [-0.25, -0.2) is 9.67 Å². The monoisotopic (exact) mass is 211 g/mol. The van der Waals surface area contributed by atoms with Gasteiger partial charge in [-0.3, -0.25) is 9.89 Å². The third kappa shape index (κ3) is 1.32. The number of aromatic amines is 1. The summed E-state index contributed by atoms with van der Waals surface area (Å²) in [6.07, 6.45) is 1.60. The zero-order chi connectivity index (χ0) is 11.0. The van der Waals surface area contributed by atoms with Crippen molar-refractivity contribution in [3.8, 4) is 5.82 Å². The van der Waals surface area contributed by atoms with E-state index in [0.717, 1.165) is 10.9 Å². The Balaban J connectivity index is 2.27. The fourth-order valence-corrected chi connectivity index (χ4v) is 1.68. The number of para-hydroxylation sites is 1. The molecule has 3 aromatic rings. The van der Waals surface area contributed by atoms with Crippen LogP contribution in [0.5, 0.6) is 0 Å². The van der Waals surface area contributed by atoms with Gasteiger partial charge < -0.3 is 0 Å². The van der Waals surface area contributed by atoms with Crippen LogP contribution in [0.15, 0.2) is 53.5 Å². The summed E-state index contributed by atoms with van der Waals surface area (Å²) in [5.41, 5.74) is 0.768. The third-order valence-electron chi connectivity index (χ3n) is 2.46. The number of hydrogen-bond acceptors (Lipinski definition) is 2. The van der Waals surface area contributed by atoms with Crippen molar-refractivity contribution in [2.75, 3.05) is 0 Å². The number of benzene rings is 1. The second kappa shape index (κ2) is 3.34. The standard InChI is InChI=1S/C12H9N3O/c16-12-7-8-13-15(12)11-6-5-9-3-1-2-4-10(9)14-11/h1-8,13H. The molecule has 0 saturated heterocycles. The summed E-state index contributed by atoms with van der Waals surface area (Å²) in [5, 5.41) is 3.89. The molecule has 2 aromatic heterocycles. The lowest BCUT2D eigenvalue weighted by atomic mass is 10.2. The summed E-state index contributed by atoms with van der Waals surface area (Å²) >= 11 is 0. The lowest BCUT2D eigenvalue weighted by Gasteiger charge is -2.02. The summed E-state index contributed by atoms with van der Waals surface area (Å²) in [6, 6.07) is 13.0. The highest BCUT2D eigenvalue weighted by Crippen LogP contribution is 2.12. The number of rotatable bonds is 1. The first-order valence-electron chi connectivity index (χ1n) is 4.97. The molecule has 3 rings (SSSR count). The molecule has 0 aliphatic rings. The molecule has 0 saturated carbocycles. The van der Waals surface area contributed by atoms with Gasteiger partial charge in [0.15, 0.2) is 5.82 Å². The molecule has 2 heterocycles. The number of pyridine rings is 1. The van der Waals surface area contributed by atoms with Crippen LogP contribution < -0.4 is 5.56 Å². The van der Waals surface area contributed by atoms with Crippen LogP contribution in [0.1, 0.15) is 0 Å². The Hall–Kier alpha value is -2.36. The van der Waals surface area contributed by atoms with Gasteiger partial charge in [0.2, 0.25) is 0 Å². The molecule has 0 atom stereocenters. The van der Waals surface area contributed by atoms with E-state index in [9.17, 15) is 4.79 Å². The summed E-state index contributed by atoms with van der Waals surface area (Å²) < 4.78 is 1.41. The highest BCUT2D eigenvalue weighted by atomic mass is 16.1. The molecule has 4 heteroatoms. The molecule has 16 heavy (non-hydrogen) atoms. The van der Waals surface area contributed by atoms with Gasteiger partial charge in [-0.1, -0.05) is 18.2 Å². The molecule has 0 spiro atoms. The number of nitrogens with zero attached hydrogens (tertiary/aromatic N) is 2. The van der Waals surface area contributed by atoms with Crippen LogP contribution in [-0.4, -0.2) is 14.8 Å². The molecule has 0 amide bonds. The Morgan fingerprint density at radius 1 is 1.06 bits per heavy atom. The van der Waals surface area contributed by atoms with Crippen molar-refractivity contribution >= 4 is 10.9 Å². The molecule has 0 unspecified atom stereocenters. The minimum atomic E-state index is -0.109. The molecule has 0 radical (unpaired) electrons. The fraction of sp³-hybridized carbons (Fsp3) is 0. The van der Waals surface area contributed by atoms with E-state index in [1.54, 1.807) is 6.20 Å². The highest BCUT2D eigenvalue weighted by molar-refractivity contribution is 5.79. The van der Waals surface area contributed by atoms with E-state index in [1.807, 2.05) is 36.4 Å². The molecular formula is C12H9N3O. The van der Waals surface area contributed by atoms with Crippen molar-refractivity contribution in [2.45, 2.75) is 0 Å². The van der Waals surface area contributed by atoms with Crippen LogP contribution in [0.4, 0.5) is 0 Å². The lowest BCUT2D eigenvalue weighted by Crippen LogP contribution is -2.14. The summed E-state index contributed by atoms with van der Waals surface area (Å²) in [7, 11) is 0. The van der Waals surface area contributed by atoms with Crippen LogP contribution in [-0.2, 0) is 0 Å². The van der Waals surface area contributed by atoms with Crippen LogP contribution >= 0.6 is 0 Å². The van der Waals surface area contributed by atoms with Crippen molar-refractivity contribution in [2.24, 2.45) is 0 Å². The van der Waals surface area contributed by atoms with Crippen LogP contribution in [0.25, 0.3) is 16.7 Å². The molecule has 0 aliphatic heterocycles. The molecule has 78 valence electrons. The van der Waals surface area contributed by atoms with Crippen molar-refractivity contribution in [1.29, 1.82) is 0 Å². The van der Waals surface area contributed by atoms with Crippen molar-refractivity contribution in [3.63, 3.8) is 0 Å². The zero-order valence-corrected chi connectivity index (χ0v) is 8.42. The molecule has 0 bridgehead atoms. The van der Waals surface area contributed by atoms with Gasteiger partial charge in [-0.2, -0.15) is 0 Å². The average molecular weight is 211 g/mol. The van der Waals surface area contributed by atoms with E-state index in [2.05, 4.69) is 10.1 Å². The lowest BCUT2D eigenvalue weighted by molar-refractivity contribution is 0.824. The second-order valence-corrected chi connectivity index (χ2v) is 3.50. The Morgan fingerprint density at radius 2 is 1.94 bits per heavy atom. The van der Waals surface area contributed by atoms with E-state index in [0.29, 0.717) is 5.82 Å². The maximum absolute atomic E-state index is 11.4. The van der Waals surface area contributed by atoms with Crippen molar-refractivity contribution in [1.82, 2.24) is 14.8 Å². The SMILES string of the molecule is O=c1cc[nH]n1-c1ccc2ccccc2n1. The van der Waals surface area contributed by atoms with E-state index in [4.69, 9.17) is 0 Å². The summed E-state index contributed by atoms with van der Waals surface area (Å²) in [6.45, 7) is 0. The van der Waals surface area contributed by atoms with Gasteiger partial charge in [0.1, 0.15) is 0 Å². The minimum absolute atomic E-state index is 0.109. The largest absolute Gasteiger partial charge is 0.297 e. The molecule has 0 fully saturated rings. The fourth-order valence-electron chi connectivity index (χ4n) is 1.68. The first kappa shape index (κ1) is 8.91. The van der Waals surface area contributed by atoms with Crippen LogP contribution in [0, 0.1) is 0 Å². The highest BCUT2D eigenvalue weighted by Gasteiger charge is 2.02. The van der Waals surface area contributed by atoms with Gasteiger partial charge in [-0.15, -0.1) is 0 Å². The maximum Gasteiger partial charge on any atom is 0.272 e. The second-order valence-electron chi connectivity index (χ2n) is 3.50. The quantitative estimate of drug-likeness (QED) is 0.666. The first-order valence-corrected chi connectivity index (χ1v) is 4.97. The topological polar surface area (TPSA) is 50.7 Å². The van der Waals surface area contributed by atoms with Crippen molar-refractivity contribution in [3.05, 3.63) is 59.0 Å². The third-order valence-corrected chi connectivity index (χ3v) is 2.46. The van der Waals surface area contributed by atoms with Gasteiger partial charge in [-0.05, 0) is 18.2 Å². The van der Waals surface area contributed by atoms with Gasteiger partial charge >= 0.3 is 0 Å². The van der Waals surface area contributed by atoms with E-state index in [1.165, 1.54) is 10.7 Å². The van der Waals surface area contributed by atoms with Crippen LogP contribution in [0.2, 0.25) is 0 Å². The first-order chi connectivity index (χ1) is 7.84. The Kier molecular flexibility index (Phi) is 1.86. The Morgan fingerprint density at radius 3 is 2.75 bits per heavy atom. The van der Waals surface area contributed by atoms with Crippen LogP contribution in [0.3, 0.4) is 0 Å². The number of aromatic nitrogens is 3. The zero-order valence-electron chi connectivity index (χ0n) is 8.42. The average Bonchev–Trinajstić information content (AvgIpc) is 2.75. The van der Waals surface area contributed by atoms with E-state index in [-0.39, 0.29) is 5.56 Å². The Labute approximate surface area is 91.2 Å². The summed E-state index contributed by atoms with van der Waals surface area (Å²) in [5.74, 6) is 0.605. The number of nitrogens with one attached hydrogen (secondary N) is 1. The summed E-state index contributed by atoms with van der Waals surface area (Å²) in [4.78, 5) is 15.9. The Bertz CT molecular complexity index is 696. The molecule has 1 N–H and O–H groups in total. The number of hydrogen-bond donors (Lipinski definition) is 1. The van der Waals surface area contributed by atoms with Gasteiger partial charge in [0.25, 0.3) is 5.56 Å².